The molecule has 10 aromatic rings. The van der Waals surface area contributed by atoms with Crippen molar-refractivity contribution in [2.45, 2.75) is 0 Å². The summed E-state index contributed by atoms with van der Waals surface area (Å²) >= 11 is 0. The van der Waals surface area contributed by atoms with E-state index in [2.05, 4.69) is 152 Å². The fraction of sp³-hybridized carbons (Fsp3) is 0. The molecule has 0 aliphatic heterocycles. The molecule has 0 N–H and O–H groups in total. The van der Waals surface area contributed by atoms with Crippen LogP contribution in [-0.4, -0.2) is 0 Å². The molecule has 0 aliphatic carbocycles. The van der Waals surface area contributed by atoms with Crippen LogP contribution in [0.25, 0.3) is 98.8 Å². The molecule has 0 radical (unpaired) electrons. The molecule has 2 heterocycles. The first-order valence-electron chi connectivity index (χ1n) is 15.7. The summed E-state index contributed by atoms with van der Waals surface area (Å²) in [5.41, 5.74) is 10.4. The van der Waals surface area contributed by atoms with Gasteiger partial charge in [0, 0.05) is 27.1 Å². The van der Waals surface area contributed by atoms with Crippen molar-refractivity contribution in [3.05, 3.63) is 158 Å². The van der Waals surface area contributed by atoms with Crippen molar-refractivity contribution in [2.75, 3.05) is 0 Å². The second kappa shape index (κ2) is 9.69. The zero-order valence-electron chi connectivity index (χ0n) is 24.8. The Kier molecular flexibility index (Phi) is 5.31. The van der Waals surface area contributed by atoms with Crippen LogP contribution in [-0.2, 0) is 0 Å². The van der Waals surface area contributed by atoms with Crippen LogP contribution in [0.15, 0.2) is 167 Å². The van der Waals surface area contributed by atoms with Gasteiger partial charge in [0.05, 0.1) is 0 Å². The molecule has 0 saturated carbocycles. The van der Waals surface area contributed by atoms with E-state index < -0.39 is 0 Å². The summed E-state index contributed by atoms with van der Waals surface area (Å²) in [5.74, 6) is 0. The molecule has 0 saturated heterocycles. The summed E-state index contributed by atoms with van der Waals surface area (Å²) in [6.07, 6.45) is 0. The molecule has 46 heavy (non-hydrogen) atoms. The fourth-order valence-corrected chi connectivity index (χ4v) is 7.45. The first-order valence-corrected chi connectivity index (χ1v) is 15.7. The molecule has 10 rings (SSSR count). The maximum Gasteiger partial charge on any atom is 0.178 e. The highest BCUT2D eigenvalue weighted by molar-refractivity contribution is 6.23. The number of furan rings is 2. The van der Waals surface area contributed by atoms with Gasteiger partial charge in [-0.15, -0.1) is 0 Å². The van der Waals surface area contributed by atoms with Gasteiger partial charge in [-0.1, -0.05) is 133 Å². The van der Waals surface area contributed by atoms with Gasteiger partial charge < -0.3 is 8.83 Å². The van der Waals surface area contributed by atoms with E-state index in [9.17, 15) is 0 Å². The molecular weight excluding hydrogens is 560 g/mol. The number of fused-ring (bicyclic) bond motifs is 9. The van der Waals surface area contributed by atoms with Crippen LogP contribution in [0.5, 0.6) is 0 Å². The maximum atomic E-state index is 6.73. The predicted molar refractivity (Wildman–Crippen MR) is 192 cm³/mol. The summed E-state index contributed by atoms with van der Waals surface area (Å²) in [6, 6.07) is 56.0. The van der Waals surface area contributed by atoms with Gasteiger partial charge in [-0.25, -0.2) is 0 Å². The lowest BCUT2D eigenvalue weighted by Crippen LogP contribution is -1.90. The number of benzene rings is 8. The molecule has 214 valence electrons. The zero-order chi connectivity index (χ0) is 30.2. The Bertz CT molecular complexity index is 2730. The van der Waals surface area contributed by atoms with Gasteiger partial charge in [0.15, 0.2) is 11.2 Å². The first-order chi connectivity index (χ1) is 22.8. The zero-order valence-corrected chi connectivity index (χ0v) is 24.8. The standard InChI is InChI=1S/C44H26O2/c1-3-12-27(13-4-1)30-20-11-21-36-38-25-24-37-31-23-22-29(26-39(31)45-43(37)44(38)46-42(30)36)41-34-18-9-7-16-32(34)40(28-14-5-2-6-15-28)33-17-8-10-19-35(33)41/h1-26H. The van der Waals surface area contributed by atoms with E-state index in [1.807, 2.05) is 6.07 Å². The van der Waals surface area contributed by atoms with Crippen molar-refractivity contribution >= 4 is 65.4 Å². The SMILES string of the molecule is c1ccc(-c2c3ccccc3c(-c3ccc4c(c3)oc3c4ccc4c5cccc(-c6ccccc6)c5oc43)c3ccccc23)cc1. The largest absolute Gasteiger partial charge is 0.452 e. The van der Waals surface area contributed by atoms with E-state index in [4.69, 9.17) is 8.83 Å². The monoisotopic (exact) mass is 586 g/mol. The normalized spacial score (nSPS) is 11.9. The van der Waals surface area contributed by atoms with Crippen molar-refractivity contribution in [3.63, 3.8) is 0 Å². The Morgan fingerprint density at radius 1 is 0.283 bits per heavy atom. The summed E-state index contributed by atoms with van der Waals surface area (Å²) in [5, 5.41) is 9.23. The molecule has 2 nitrogen and oxygen atoms in total. The molecule has 0 fully saturated rings. The molecule has 8 aromatic carbocycles. The fourth-order valence-electron chi connectivity index (χ4n) is 7.45. The minimum atomic E-state index is 0.786. The van der Waals surface area contributed by atoms with Crippen molar-refractivity contribution in [3.8, 4) is 33.4 Å². The number of para-hydroxylation sites is 1. The molecular formula is C44H26O2. The molecule has 0 bridgehead atoms. The molecule has 0 aliphatic rings. The second-order valence-corrected chi connectivity index (χ2v) is 12.0. The van der Waals surface area contributed by atoms with E-state index in [1.165, 1.54) is 38.2 Å². The van der Waals surface area contributed by atoms with Gasteiger partial charge in [0.2, 0.25) is 0 Å². The topological polar surface area (TPSA) is 26.3 Å². The Morgan fingerprint density at radius 2 is 0.761 bits per heavy atom. The lowest BCUT2D eigenvalue weighted by Gasteiger charge is -2.17. The Hall–Kier alpha value is -6.12. The quantitative estimate of drug-likeness (QED) is 0.193. The van der Waals surface area contributed by atoms with Crippen molar-refractivity contribution in [2.24, 2.45) is 0 Å². The molecule has 2 aromatic heterocycles. The summed E-state index contributed by atoms with van der Waals surface area (Å²) < 4.78 is 13.4. The average molecular weight is 587 g/mol. The lowest BCUT2D eigenvalue weighted by atomic mass is 9.86. The highest BCUT2D eigenvalue weighted by atomic mass is 16.4. The molecule has 2 heteroatoms. The van der Waals surface area contributed by atoms with Crippen molar-refractivity contribution in [1.82, 2.24) is 0 Å². The highest BCUT2D eigenvalue weighted by Gasteiger charge is 2.20. The molecule has 0 atom stereocenters. The highest BCUT2D eigenvalue weighted by Crippen LogP contribution is 2.46. The van der Waals surface area contributed by atoms with Crippen molar-refractivity contribution in [1.29, 1.82) is 0 Å². The van der Waals surface area contributed by atoms with Gasteiger partial charge >= 0.3 is 0 Å². The third-order valence-electron chi connectivity index (χ3n) is 9.47. The smallest absolute Gasteiger partial charge is 0.178 e. The lowest BCUT2D eigenvalue weighted by molar-refractivity contribution is 0.634. The number of hydrogen-bond donors (Lipinski definition) is 0. The van der Waals surface area contributed by atoms with Crippen LogP contribution in [0.2, 0.25) is 0 Å². The third kappa shape index (κ3) is 3.59. The number of rotatable bonds is 3. The minimum Gasteiger partial charge on any atom is -0.452 e. The van der Waals surface area contributed by atoms with Gasteiger partial charge in [0.1, 0.15) is 11.2 Å². The van der Waals surface area contributed by atoms with E-state index in [1.54, 1.807) is 0 Å². The van der Waals surface area contributed by atoms with Crippen molar-refractivity contribution < 1.29 is 8.83 Å². The summed E-state index contributed by atoms with van der Waals surface area (Å²) in [6.45, 7) is 0. The second-order valence-electron chi connectivity index (χ2n) is 12.0. The first kappa shape index (κ1) is 25.2. The minimum absolute atomic E-state index is 0.786. The number of hydrogen-bond acceptors (Lipinski definition) is 2. The van der Waals surface area contributed by atoms with E-state index >= 15 is 0 Å². The predicted octanol–water partition coefficient (Wildman–Crippen LogP) is 12.8. The maximum absolute atomic E-state index is 6.73. The van der Waals surface area contributed by atoms with Gasteiger partial charge in [0.25, 0.3) is 0 Å². The Morgan fingerprint density at radius 3 is 1.41 bits per heavy atom. The summed E-state index contributed by atoms with van der Waals surface area (Å²) in [4.78, 5) is 0. The van der Waals surface area contributed by atoms with Crippen LogP contribution in [0.1, 0.15) is 0 Å². The van der Waals surface area contributed by atoms with Crippen LogP contribution in [0, 0.1) is 0 Å². The average Bonchev–Trinajstić information content (AvgIpc) is 3.69. The van der Waals surface area contributed by atoms with Crippen LogP contribution in [0.3, 0.4) is 0 Å². The van der Waals surface area contributed by atoms with E-state index in [-0.39, 0.29) is 0 Å². The molecule has 0 unspecified atom stereocenters. The van der Waals surface area contributed by atoms with Gasteiger partial charge in [-0.3, -0.25) is 0 Å². The van der Waals surface area contributed by atoms with Gasteiger partial charge in [-0.05, 0) is 73.6 Å². The third-order valence-corrected chi connectivity index (χ3v) is 9.47. The van der Waals surface area contributed by atoms with Crippen LogP contribution >= 0.6 is 0 Å². The molecule has 0 amide bonds. The van der Waals surface area contributed by atoms with E-state index in [0.29, 0.717) is 0 Å². The van der Waals surface area contributed by atoms with E-state index in [0.717, 1.165) is 60.6 Å². The Balaban J connectivity index is 1.23. The van der Waals surface area contributed by atoms with Crippen LogP contribution in [0.4, 0.5) is 0 Å². The Labute approximate surface area is 264 Å². The van der Waals surface area contributed by atoms with Gasteiger partial charge in [-0.2, -0.15) is 0 Å². The molecule has 0 spiro atoms. The van der Waals surface area contributed by atoms with Crippen LogP contribution < -0.4 is 0 Å². The summed E-state index contributed by atoms with van der Waals surface area (Å²) in [7, 11) is 0.